The summed E-state index contributed by atoms with van der Waals surface area (Å²) in [4.78, 5) is 0. The SMILES string of the molecule is CCS(=O)(=O)NCCCCCl. The fraction of sp³-hybridized carbons (Fsp3) is 1.00. The Hall–Kier alpha value is 0.200. The van der Waals surface area contributed by atoms with Crippen molar-refractivity contribution < 1.29 is 8.42 Å². The summed E-state index contributed by atoms with van der Waals surface area (Å²) in [5, 5.41) is 0. The van der Waals surface area contributed by atoms with Gasteiger partial charge in [-0.3, -0.25) is 0 Å². The first kappa shape index (κ1) is 11.2. The summed E-state index contributed by atoms with van der Waals surface area (Å²) in [5.74, 6) is 0.738. The van der Waals surface area contributed by atoms with Crippen LogP contribution in [0.5, 0.6) is 0 Å². The molecule has 11 heavy (non-hydrogen) atoms. The molecule has 0 aliphatic carbocycles. The molecule has 0 rings (SSSR count). The Morgan fingerprint density at radius 1 is 1.36 bits per heavy atom. The molecule has 0 aromatic heterocycles. The van der Waals surface area contributed by atoms with Crippen LogP contribution in [-0.4, -0.2) is 26.6 Å². The van der Waals surface area contributed by atoms with E-state index in [1.807, 2.05) is 0 Å². The van der Waals surface area contributed by atoms with Gasteiger partial charge in [0.15, 0.2) is 0 Å². The molecule has 0 aliphatic heterocycles. The minimum absolute atomic E-state index is 0.147. The molecule has 0 unspecified atom stereocenters. The first-order valence-corrected chi connectivity index (χ1v) is 5.84. The summed E-state index contributed by atoms with van der Waals surface area (Å²) in [6.45, 7) is 2.12. The van der Waals surface area contributed by atoms with Crippen molar-refractivity contribution in [3.63, 3.8) is 0 Å². The Labute approximate surface area is 73.2 Å². The highest BCUT2D eigenvalue weighted by atomic mass is 35.5. The van der Waals surface area contributed by atoms with Gasteiger partial charge < -0.3 is 0 Å². The molecule has 0 saturated heterocycles. The molecule has 0 atom stereocenters. The van der Waals surface area contributed by atoms with Gasteiger partial charge in [0, 0.05) is 12.4 Å². The molecule has 0 fully saturated rings. The molecule has 0 radical (unpaired) electrons. The molecular formula is C6H14ClNO2S. The van der Waals surface area contributed by atoms with Crippen molar-refractivity contribution in [3.8, 4) is 0 Å². The molecule has 0 amide bonds. The number of rotatable bonds is 6. The molecule has 0 saturated carbocycles. The van der Waals surface area contributed by atoms with Crippen LogP contribution in [0.2, 0.25) is 0 Å². The van der Waals surface area contributed by atoms with Gasteiger partial charge in [-0.2, -0.15) is 0 Å². The Kier molecular flexibility index (Phi) is 5.91. The predicted molar refractivity (Wildman–Crippen MR) is 47.4 cm³/mol. The number of hydrogen-bond acceptors (Lipinski definition) is 2. The second-order valence-corrected chi connectivity index (χ2v) is 4.67. The second kappa shape index (κ2) is 5.80. The summed E-state index contributed by atoms with van der Waals surface area (Å²) in [7, 11) is -2.99. The lowest BCUT2D eigenvalue weighted by Crippen LogP contribution is -2.26. The fourth-order valence-electron chi connectivity index (χ4n) is 0.549. The average Bonchev–Trinajstić information content (AvgIpc) is 1.99. The minimum atomic E-state index is -2.99. The maximum atomic E-state index is 10.8. The average molecular weight is 200 g/mol. The fourth-order valence-corrected chi connectivity index (χ4v) is 1.40. The normalized spacial score (nSPS) is 11.8. The number of nitrogens with one attached hydrogen (secondary N) is 1. The number of sulfonamides is 1. The van der Waals surface area contributed by atoms with E-state index in [0.717, 1.165) is 12.8 Å². The largest absolute Gasteiger partial charge is 0.215 e. The van der Waals surface area contributed by atoms with Crippen LogP contribution in [0.25, 0.3) is 0 Å². The molecule has 0 bridgehead atoms. The van der Waals surface area contributed by atoms with Crippen LogP contribution in [0.1, 0.15) is 19.8 Å². The summed E-state index contributed by atoms with van der Waals surface area (Å²) in [5.41, 5.74) is 0. The number of hydrogen-bond donors (Lipinski definition) is 1. The second-order valence-electron chi connectivity index (χ2n) is 2.19. The van der Waals surface area contributed by atoms with Crippen LogP contribution in [-0.2, 0) is 10.0 Å². The highest BCUT2D eigenvalue weighted by Crippen LogP contribution is 1.91. The van der Waals surface area contributed by atoms with Crippen molar-refractivity contribution in [3.05, 3.63) is 0 Å². The third-order valence-electron chi connectivity index (χ3n) is 1.26. The van der Waals surface area contributed by atoms with E-state index in [4.69, 9.17) is 11.6 Å². The Balaban J connectivity index is 3.39. The highest BCUT2D eigenvalue weighted by Gasteiger charge is 2.03. The van der Waals surface area contributed by atoms with E-state index in [9.17, 15) is 8.42 Å². The van der Waals surface area contributed by atoms with Crippen molar-refractivity contribution >= 4 is 21.6 Å². The van der Waals surface area contributed by atoms with Crippen LogP contribution in [0.15, 0.2) is 0 Å². The van der Waals surface area contributed by atoms with E-state index >= 15 is 0 Å². The zero-order valence-corrected chi connectivity index (χ0v) is 8.21. The first-order valence-electron chi connectivity index (χ1n) is 3.65. The lowest BCUT2D eigenvalue weighted by molar-refractivity contribution is 0.580. The predicted octanol–water partition coefficient (Wildman–Crippen LogP) is 0.945. The van der Waals surface area contributed by atoms with Crippen molar-refractivity contribution in [2.24, 2.45) is 0 Å². The number of unbranched alkanes of at least 4 members (excludes halogenated alkanes) is 1. The van der Waals surface area contributed by atoms with Crippen molar-refractivity contribution in [2.45, 2.75) is 19.8 Å². The molecule has 0 aromatic carbocycles. The minimum Gasteiger partial charge on any atom is -0.215 e. The van der Waals surface area contributed by atoms with E-state index < -0.39 is 10.0 Å². The summed E-state index contributed by atoms with van der Waals surface area (Å²) < 4.78 is 24.1. The van der Waals surface area contributed by atoms with Gasteiger partial charge in [0.1, 0.15) is 0 Å². The van der Waals surface area contributed by atoms with Crippen LogP contribution in [0.3, 0.4) is 0 Å². The van der Waals surface area contributed by atoms with Gasteiger partial charge in [-0.1, -0.05) is 0 Å². The van der Waals surface area contributed by atoms with Crippen LogP contribution in [0.4, 0.5) is 0 Å². The van der Waals surface area contributed by atoms with Crippen molar-refractivity contribution in [1.82, 2.24) is 4.72 Å². The Morgan fingerprint density at radius 3 is 2.45 bits per heavy atom. The van der Waals surface area contributed by atoms with E-state index in [1.165, 1.54) is 0 Å². The van der Waals surface area contributed by atoms with E-state index in [1.54, 1.807) is 6.92 Å². The highest BCUT2D eigenvalue weighted by molar-refractivity contribution is 7.89. The van der Waals surface area contributed by atoms with Gasteiger partial charge >= 0.3 is 0 Å². The maximum Gasteiger partial charge on any atom is 0.211 e. The first-order chi connectivity index (χ1) is 5.12. The number of halogens is 1. The standard InChI is InChI=1S/C6H14ClNO2S/c1-2-11(9,10)8-6-4-3-5-7/h8H,2-6H2,1H3. The molecule has 0 aliphatic rings. The van der Waals surface area contributed by atoms with Gasteiger partial charge in [-0.05, 0) is 19.8 Å². The zero-order chi connectivity index (χ0) is 8.74. The van der Waals surface area contributed by atoms with Crippen LogP contribution in [0, 0.1) is 0 Å². The van der Waals surface area contributed by atoms with Gasteiger partial charge in [0.25, 0.3) is 0 Å². The van der Waals surface area contributed by atoms with Gasteiger partial charge in [0.2, 0.25) is 10.0 Å². The van der Waals surface area contributed by atoms with Gasteiger partial charge in [0.05, 0.1) is 5.75 Å². The Bertz CT molecular complexity index is 179. The van der Waals surface area contributed by atoms with Crippen molar-refractivity contribution in [1.29, 1.82) is 0 Å². The van der Waals surface area contributed by atoms with Crippen molar-refractivity contribution in [2.75, 3.05) is 18.2 Å². The third kappa shape index (κ3) is 6.59. The Morgan fingerprint density at radius 2 is 2.00 bits per heavy atom. The molecule has 3 nitrogen and oxygen atoms in total. The lowest BCUT2D eigenvalue weighted by atomic mass is 10.3. The molecular weight excluding hydrogens is 186 g/mol. The lowest BCUT2D eigenvalue weighted by Gasteiger charge is -2.01. The smallest absolute Gasteiger partial charge is 0.211 e. The summed E-state index contributed by atoms with van der Waals surface area (Å²) in [6, 6.07) is 0. The van der Waals surface area contributed by atoms with Crippen LogP contribution >= 0.6 is 11.6 Å². The molecule has 68 valence electrons. The van der Waals surface area contributed by atoms with Gasteiger partial charge in [-0.25, -0.2) is 13.1 Å². The zero-order valence-electron chi connectivity index (χ0n) is 6.64. The van der Waals surface area contributed by atoms with E-state index in [0.29, 0.717) is 12.4 Å². The topological polar surface area (TPSA) is 46.2 Å². The number of alkyl halides is 1. The summed E-state index contributed by atoms with van der Waals surface area (Å²) in [6.07, 6.45) is 1.66. The molecule has 0 spiro atoms. The van der Waals surface area contributed by atoms with Crippen LogP contribution < -0.4 is 4.72 Å². The molecule has 0 aromatic rings. The molecule has 1 N–H and O–H groups in total. The third-order valence-corrected chi connectivity index (χ3v) is 2.93. The van der Waals surface area contributed by atoms with Gasteiger partial charge in [-0.15, -0.1) is 11.6 Å². The maximum absolute atomic E-state index is 10.8. The van der Waals surface area contributed by atoms with E-state index in [2.05, 4.69) is 4.72 Å². The quantitative estimate of drug-likeness (QED) is 0.512. The molecule has 0 heterocycles. The summed E-state index contributed by atoms with van der Waals surface area (Å²) >= 11 is 5.41. The van der Waals surface area contributed by atoms with E-state index in [-0.39, 0.29) is 5.75 Å². The monoisotopic (exact) mass is 199 g/mol. The molecule has 5 heteroatoms.